The van der Waals surface area contributed by atoms with Gasteiger partial charge in [0.1, 0.15) is 11.5 Å². The number of ether oxygens (including phenoxy) is 2. The minimum absolute atomic E-state index is 0.0897. The molecular weight excluding hydrogens is 430 g/mol. The van der Waals surface area contributed by atoms with Crippen LogP contribution in [0.1, 0.15) is 36.9 Å². The highest BCUT2D eigenvalue weighted by Crippen LogP contribution is 2.41. The zero-order valence-corrected chi connectivity index (χ0v) is 19.1. The molecule has 174 valence electrons. The fourth-order valence-electron chi connectivity index (χ4n) is 4.86. The number of rotatable bonds is 6. The number of fused-ring (bicyclic) bond motifs is 1. The molecule has 6 heteroatoms. The second-order valence-electron chi connectivity index (χ2n) is 8.65. The van der Waals surface area contributed by atoms with Crippen LogP contribution in [0.15, 0.2) is 72.3 Å². The van der Waals surface area contributed by atoms with Crippen molar-refractivity contribution in [3.8, 4) is 5.75 Å². The van der Waals surface area contributed by atoms with E-state index < -0.39 is 17.7 Å². The summed E-state index contributed by atoms with van der Waals surface area (Å²) in [5.41, 5.74) is 1.30. The van der Waals surface area contributed by atoms with Gasteiger partial charge in [-0.15, -0.1) is 0 Å². The van der Waals surface area contributed by atoms with Crippen LogP contribution in [0.4, 0.5) is 0 Å². The first-order valence-electron chi connectivity index (χ1n) is 11.7. The van der Waals surface area contributed by atoms with Crippen molar-refractivity contribution in [2.45, 2.75) is 31.9 Å². The Labute approximate surface area is 198 Å². The van der Waals surface area contributed by atoms with Gasteiger partial charge in [-0.05, 0) is 54.3 Å². The molecule has 2 aliphatic rings. The Bertz CT molecular complexity index is 1270. The monoisotopic (exact) mass is 457 g/mol. The first kappa shape index (κ1) is 22.2. The topological polar surface area (TPSA) is 76.1 Å². The van der Waals surface area contributed by atoms with E-state index in [0.29, 0.717) is 36.6 Å². The molecule has 5 rings (SSSR count). The molecular formula is C28H27NO5. The maximum absolute atomic E-state index is 13.3. The highest BCUT2D eigenvalue weighted by molar-refractivity contribution is 6.46. The summed E-state index contributed by atoms with van der Waals surface area (Å²) in [4.78, 5) is 28.0. The predicted molar refractivity (Wildman–Crippen MR) is 130 cm³/mol. The highest BCUT2D eigenvalue weighted by atomic mass is 16.5. The lowest BCUT2D eigenvalue weighted by atomic mass is 9.94. The normalized spacial score (nSPS) is 22.0. The number of carbonyl (C=O) groups is 2. The van der Waals surface area contributed by atoms with Crippen LogP contribution in [0.5, 0.6) is 5.75 Å². The van der Waals surface area contributed by atoms with Gasteiger partial charge in [0.25, 0.3) is 11.7 Å². The lowest BCUT2D eigenvalue weighted by Gasteiger charge is -2.27. The molecule has 34 heavy (non-hydrogen) atoms. The van der Waals surface area contributed by atoms with Gasteiger partial charge in [-0.1, -0.05) is 48.5 Å². The molecule has 0 saturated carbocycles. The summed E-state index contributed by atoms with van der Waals surface area (Å²) >= 11 is 0. The Hall–Kier alpha value is -3.64. The molecule has 2 atom stereocenters. The number of hydrogen-bond donors (Lipinski definition) is 1. The van der Waals surface area contributed by atoms with E-state index >= 15 is 0 Å². The number of amides is 1. The van der Waals surface area contributed by atoms with Crippen LogP contribution in [0, 0.1) is 0 Å². The number of aliphatic hydroxyl groups excluding tert-OH is 1. The van der Waals surface area contributed by atoms with Crippen LogP contribution in [-0.4, -0.2) is 47.6 Å². The van der Waals surface area contributed by atoms with Crippen LogP contribution in [-0.2, 0) is 14.3 Å². The number of benzene rings is 3. The Kier molecular flexibility index (Phi) is 6.07. The fraction of sp³-hybridized carbons (Fsp3) is 0.286. The second-order valence-corrected chi connectivity index (χ2v) is 8.65. The van der Waals surface area contributed by atoms with E-state index in [-0.39, 0.29) is 17.4 Å². The van der Waals surface area contributed by atoms with Crippen molar-refractivity contribution in [1.82, 2.24) is 4.90 Å². The first-order chi connectivity index (χ1) is 16.6. The standard InChI is InChI=1S/C28H27NO5/c1-2-33-22-10-5-9-20(16-22)25-24(27(31)28(32)29(25)17-23-11-6-14-34-23)26(30)21-13-12-18-7-3-4-8-19(18)15-21/h3-5,7-10,12-13,15-16,23,25,30H,2,6,11,14,17H2,1H3/b26-24-. The average molecular weight is 458 g/mol. The van der Waals surface area contributed by atoms with E-state index in [9.17, 15) is 14.7 Å². The SMILES string of the molecule is CCOc1cccc(C2/C(=C(/O)c3ccc4ccccc4c3)C(=O)C(=O)N2CC2CCCO2)c1. The van der Waals surface area contributed by atoms with E-state index in [4.69, 9.17) is 9.47 Å². The smallest absolute Gasteiger partial charge is 0.295 e. The summed E-state index contributed by atoms with van der Waals surface area (Å²) in [7, 11) is 0. The minimum Gasteiger partial charge on any atom is -0.507 e. The van der Waals surface area contributed by atoms with Gasteiger partial charge in [-0.3, -0.25) is 9.59 Å². The van der Waals surface area contributed by atoms with Crippen molar-refractivity contribution in [3.63, 3.8) is 0 Å². The lowest BCUT2D eigenvalue weighted by molar-refractivity contribution is -0.140. The van der Waals surface area contributed by atoms with Crippen molar-refractivity contribution in [3.05, 3.63) is 83.4 Å². The number of ketones is 1. The zero-order valence-electron chi connectivity index (χ0n) is 19.1. The number of carbonyl (C=O) groups excluding carboxylic acids is 2. The highest BCUT2D eigenvalue weighted by Gasteiger charge is 2.47. The minimum atomic E-state index is -0.726. The number of aliphatic hydroxyl groups is 1. The van der Waals surface area contributed by atoms with Crippen LogP contribution in [0.2, 0.25) is 0 Å². The Morgan fingerprint density at radius 2 is 1.88 bits per heavy atom. The average Bonchev–Trinajstić information content (AvgIpc) is 3.46. The third-order valence-corrected chi connectivity index (χ3v) is 6.47. The number of likely N-dealkylation sites (tertiary alicyclic amines) is 1. The van der Waals surface area contributed by atoms with E-state index in [1.807, 2.05) is 67.6 Å². The van der Waals surface area contributed by atoms with Gasteiger partial charge in [0, 0.05) is 18.7 Å². The summed E-state index contributed by atoms with van der Waals surface area (Å²) < 4.78 is 11.4. The molecule has 3 aromatic rings. The van der Waals surface area contributed by atoms with Gasteiger partial charge in [-0.25, -0.2) is 0 Å². The largest absolute Gasteiger partial charge is 0.507 e. The Morgan fingerprint density at radius 3 is 2.65 bits per heavy atom. The number of nitrogens with zero attached hydrogens (tertiary/aromatic N) is 1. The van der Waals surface area contributed by atoms with Crippen molar-refractivity contribution in [1.29, 1.82) is 0 Å². The van der Waals surface area contributed by atoms with Crippen molar-refractivity contribution >= 4 is 28.2 Å². The first-order valence-corrected chi connectivity index (χ1v) is 11.7. The molecule has 1 N–H and O–H groups in total. The molecule has 2 heterocycles. The molecule has 2 fully saturated rings. The molecule has 0 bridgehead atoms. The van der Waals surface area contributed by atoms with Crippen LogP contribution in [0.25, 0.3) is 16.5 Å². The van der Waals surface area contributed by atoms with Crippen LogP contribution >= 0.6 is 0 Å². The van der Waals surface area contributed by atoms with Crippen LogP contribution in [0.3, 0.4) is 0 Å². The van der Waals surface area contributed by atoms with E-state index in [0.717, 1.165) is 23.6 Å². The Balaban J connectivity index is 1.63. The lowest BCUT2D eigenvalue weighted by Crippen LogP contribution is -2.36. The third-order valence-electron chi connectivity index (χ3n) is 6.47. The summed E-state index contributed by atoms with van der Waals surface area (Å²) in [6, 6.07) is 20.0. The molecule has 1 amide bonds. The maximum Gasteiger partial charge on any atom is 0.295 e. The van der Waals surface area contributed by atoms with Gasteiger partial charge >= 0.3 is 0 Å². The van der Waals surface area contributed by atoms with E-state index in [2.05, 4.69) is 0 Å². The maximum atomic E-state index is 13.3. The second kappa shape index (κ2) is 9.31. The third kappa shape index (κ3) is 4.05. The summed E-state index contributed by atoms with van der Waals surface area (Å²) in [5.74, 6) is -0.834. The molecule has 2 aliphatic heterocycles. The molecule has 0 aromatic heterocycles. The summed E-state index contributed by atoms with van der Waals surface area (Å²) in [6.45, 7) is 3.34. The quantitative estimate of drug-likeness (QED) is 0.326. The van der Waals surface area contributed by atoms with Crippen LogP contribution < -0.4 is 4.74 Å². The van der Waals surface area contributed by atoms with Crippen molar-refractivity contribution in [2.24, 2.45) is 0 Å². The molecule has 3 aromatic carbocycles. The van der Waals surface area contributed by atoms with Crippen molar-refractivity contribution in [2.75, 3.05) is 19.8 Å². The number of hydrogen-bond acceptors (Lipinski definition) is 5. The summed E-state index contributed by atoms with van der Waals surface area (Å²) in [6.07, 6.45) is 1.63. The van der Waals surface area contributed by atoms with E-state index in [1.165, 1.54) is 4.90 Å². The van der Waals surface area contributed by atoms with Gasteiger partial charge in [0.15, 0.2) is 0 Å². The molecule has 0 aliphatic carbocycles. The van der Waals surface area contributed by atoms with Gasteiger partial charge in [0.05, 0.1) is 24.3 Å². The molecule has 0 radical (unpaired) electrons. The number of Topliss-reactive ketones (excluding diaryl/α,β-unsaturated/α-hetero) is 1. The van der Waals surface area contributed by atoms with Gasteiger partial charge in [0.2, 0.25) is 0 Å². The Morgan fingerprint density at radius 1 is 1.06 bits per heavy atom. The predicted octanol–water partition coefficient (Wildman–Crippen LogP) is 4.84. The fourth-order valence-corrected chi connectivity index (χ4v) is 4.86. The van der Waals surface area contributed by atoms with E-state index in [1.54, 1.807) is 6.07 Å². The van der Waals surface area contributed by atoms with Gasteiger partial charge in [-0.2, -0.15) is 0 Å². The van der Waals surface area contributed by atoms with Crippen molar-refractivity contribution < 1.29 is 24.2 Å². The molecule has 2 saturated heterocycles. The molecule has 6 nitrogen and oxygen atoms in total. The summed E-state index contributed by atoms with van der Waals surface area (Å²) in [5, 5.41) is 13.3. The molecule has 0 spiro atoms. The zero-order chi connectivity index (χ0) is 23.7. The van der Waals surface area contributed by atoms with Gasteiger partial charge < -0.3 is 19.5 Å². The molecule has 2 unspecified atom stereocenters.